The molecule has 0 spiro atoms. The summed E-state index contributed by atoms with van der Waals surface area (Å²) >= 11 is 0. The Morgan fingerprint density at radius 2 is 0.733 bits per heavy atom. The highest BCUT2D eigenvalue weighted by Crippen LogP contribution is 2.41. The fraction of sp³-hybridized carbons (Fsp3) is 0.200. The van der Waals surface area contributed by atoms with Gasteiger partial charge in [0.1, 0.15) is 0 Å². The number of fused-ring (bicyclic) bond motifs is 4. The van der Waals surface area contributed by atoms with Crippen LogP contribution < -0.4 is 37.7 Å². The summed E-state index contributed by atoms with van der Waals surface area (Å²) in [7, 11) is 0. The van der Waals surface area contributed by atoms with Gasteiger partial charge in [0.05, 0.1) is 23.3 Å². The average Bonchev–Trinajstić information content (AvgIpc) is 3.27. The van der Waals surface area contributed by atoms with Crippen LogP contribution in [0.3, 0.4) is 0 Å². The van der Waals surface area contributed by atoms with Crippen molar-refractivity contribution >= 4 is 63.3 Å². The van der Waals surface area contributed by atoms with E-state index in [9.17, 15) is 10.5 Å². The molecule has 2 aliphatic heterocycles. The summed E-state index contributed by atoms with van der Waals surface area (Å²) in [5, 5.41) is 19.8. The molecule has 7 aromatic rings. The molecule has 60 heavy (non-hydrogen) atoms. The molecular formula is C55H49B2N3. The first-order valence-electron chi connectivity index (χ1n) is 21.1. The highest BCUT2D eigenvalue weighted by molar-refractivity contribution is 7.02. The lowest BCUT2D eigenvalue weighted by Crippen LogP contribution is -2.66. The van der Waals surface area contributed by atoms with E-state index >= 15 is 0 Å². The summed E-state index contributed by atoms with van der Waals surface area (Å²) in [6, 6.07) is 39.6. The molecule has 0 amide bonds. The van der Waals surface area contributed by atoms with Gasteiger partial charge in [-0.3, -0.25) is 0 Å². The molecule has 0 fully saturated rings. The predicted molar refractivity (Wildman–Crippen MR) is 256 cm³/mol. The molecule has 0 aliphatic carbocycles. The van der Waals surface area contributed by atoms with Gasteiger partial charge < -0.3 is 4.90 Å². The molecule has 0 saturated carbocycles. The van der Waals surface area contributed by atoms with Gasteiger partial charge in [-0.05, 0) is 190 Å². The van der Waals surface area contributed by atoms with Crippen LogP contribution in [0.1, 0.15) is 72.3 Å². The van der Waals surface area contributed by atoms with Crippen molar-refractivity contribution in [2.24, 2.45) is 0 Å². The summed E-state index contributed by atoms with van der Waals surface area (Å²) in [5.74, 6) is 0. The highest BCUT2D eigenvalue weighted by atomic mass is 15.2. The van der Waals surface area contributed by atoms with Crippen molar-refractivity contribution in [2.45, 2.75) is 76.2 Å². The molecule has 5 heteroatoms. The molecule has 0 bridgehead atoms. The number of aryl methyl sites for hydroxylation is 1. The van der Waals surface area contributed by atoms with Crippen molar-refractivity contribution in [1.29, 1.82) is 10.5 Å². The summed E-state index contributed by atoms with van der Waals surface area (Å²) in [6.07, 6.45) is 0. The van der Waals surface area contributed by atoms with E-state index in [2.05, 4.69) is 154 Å². The maximum atomic E-state index is 9.88. The topological polar surface area (TPSA) is 50.8 Å². The van der Waals surface area contributed by atoms with Gasteiger partial charge in [0.25, 0.3) is 0 Å². The Morgan fingerprint density at radius 3 is 1.10 bits per heavy atom. The summed E-state index contributed by atoms with van der Waals surface area (Å²) in [6.45, 7) is 25.2. The number of nitrogens with zero attached hydrogens (tertiary/aromatic N) is 3. The van der Waals surface area contributed by atoms with Crippen LogP contribution in [0.5, 0.6) is 0 Å². The van der Waals surface area contributed by atoms with E-state index in [1.54, 1.807) is 0 Å². The third kappa shape index (κ3) is 5.71. The summed E-state index contributed by atoms with van der Waals surface area (Å²) < 4.78 is 0. The van der Waals surface area contributed by atoms with Gasteiger partial charge in [-0.1, -0.05) is 99.4 Å². The first-order valence-corrected chi connectivity index (χ1v) is 21.1. The van der Waals surface area contributed by atoms with Crippen LogP contribution in [0, 0.1) is 98.8 Å². The van der Waals surface area contributed by atoms with Gasteiger partial charge in [-0.15, -0.1) is 0 Å². The lowest BCUT2D eigenvalue weighted by molar-refractivity contribution is 1.19. The highest BCUT2D eigenvalue weighted by Gasteiger charge is 2.45. The van der Waals surface area contributed by atoms with Crippen LogP contribution in [0.15, 0.2) is 97.1 Å². The molecule has 2 heterocycles. The van der Waals surface area contributed by atoms with Crippen LogP contribution in [-0.2, 0) is 0 Å². The van der Waals surface area contributed by atoms with E-state index in [1.807, 2.05) is 36.4 Å². The van der Waals surface area contributed by atoms with Gasteiger partial charge in [-0.25, -0.2) is 0 Å². The van der Waals surface area contributed by atoms with Gasteiger partial charge in [0.2, 0.25) is 13.4 Å². The smallest absolute Gasteiger partial charge is 0.247 e. The molecule has 9 rings (SSSR count). The summed E-state index contributed by atoms with van der Waals surface area (Å²) in [4.78, 5) is 2.56. The number of nitriles is 2. The van der Waals surface area contributed by atoms with Crippen molar-refractivity contribution in [3.63, 3.8) is 0 Å². The monoisotopic (exact) mass is 773 g/mol. The second-order valence-corrected chi connectivity index (χ2v) is 17.5. The quantitative estimate of drug-likeness (QED) is 0.168. The molecule has 0 saturated heterocycles. The predicted octanol–water partition coefficient (Wildman–Crippen LogP) is 9.29. The van der Waals surface area contributed by atoms with Gasteiger partial charge in [-0.2, -0.15) is 10.5 Å². The van der Waals surface area contributed by atoms with Gasteiger partial charge in [0, 0.05) is 17.1 Å². The lowest BCUT2D eigenvalue weighted by atomic mass is 9.29. The second-order valence-electron chi connectivity index (χ2n) is 17.5. The summed E-state index contributed by atoms with van der Waals surface area (Å²) in [5.41, 5.74) is 31.9. The molecule has 3 nitrogen and oxygen atoms in total. The normalized spacial score (nSPS) is 12.4. The molecular weight excluding hydrogens is 724 g/mol. The molecule has 0 radical (unpaired) electrons. The molecule has 0 N–H and O–H groups in total. The van der Waals surface area contributed by atoms with Crippen molar-refractivity contribution in [2.75, 3.05) is 4.90 Å². The Bertz CT molecular complexity index is 2840. The minimum absolute atomic E-state index is 0.0270. The third-order valence-electron chi connectivity index (χ3n) is 14.7. The average molecular weight is 774 g/mol. The fourth-order valence-corrected chi connectivity index (χ4v) is 10.7. The number of hydrogen-bond donors (Lipinski definition) is 0. The lowest BCUT2D eigenvalue weighted by Gasteiger charge is -2.45. The van der Waals surface area contributed by atoms with E-state index < -0.39 is 0 Å². The Hall–Kier alpha value is -6.55. The molecule has 2 aliphatic rings. The van der Waals surface area contributed by atoms with Crippen LogP contribution in [0.25, 0.3) is 22.3 Å². The first kappa shape index (κ1) is 38.9. The van der Waals surface area contributed by atoms with Crippen LogP contribution >= 0.6 is 0 Å². The van der Waals surface area contributed by atoms with E-state index in [0.717, 1.165) is 22.3 Å². The number of anilines is 3. The SMILES string of the molecule is Cc1cc2c3c(c1)B(c1c(C)c(C)c(C)c(C)c1C)c1cc(-c4cccc(C#N)c4)ccc1N3c1ccc(-c3cccc(C#N)c3)cc1B2c1c(C)c(C)c(C)c(C)c1C. The van der Waals surface area contributed by atoms with Crippen molar-refractivity contribution in [3.05, 3.63) is 169 Å². The molecule has 0 atom stereocenters. The number of rotatable bonds is 4. The zero-order valence-electron chi connectivity index (χ0n) is 36.7. The van der Waals surface area contributed by atoms with Gasteiger partial charge in [0.15, 0.2) is 0 Å². The van der Waals surface area contributed by atoms with Crippen LogP contribution in [0.2, 0.25) is 0 Å². The zero-order chi connectivity index (χ0) is 42.5. The molecule has 290 valence electrons. The standard InChI is InChI=1S/C55H49B2N3/c1-30-22-49-55-50(23-30)57(54-39(10)35(6)32(3)36(7)40(54)11)48-27-46(44-17-13-15-42(25-44)29-59)19-21-52(48)60(55)51-20-18-45(43-16-12-14-41(24-43)28-58)26-47(51)56(49)53-37(8)33(4)31(2)34(5)38(53)9/h12-27H,1-11H3. The minimum Gasteiger partial charge on any atom is -0.313 e. The van der Waals surface area contributed by atoms with Crippen LogP contribution in [-0.4, -0.2) is 13.4 Å². The number of benzene rings is 7. The first-order chi connectivity index (χ1) is 28.7. The Kier molecular flexibility index (Phi) is 9.30. The maximum absolute atomic E-state index is 9.88. The fourth-order valence-electron chi connectivity index (χ4n) is 10.7. The largest absolute Gasteiger partial charge is 0.313 e. The zero-order valence-corrected chi connectivity index (χ0v) is 36.7. The third-order valence-corrected chi connectivity index (χ3v) is 14.7. The van der Waals surface area contributed by atoms with Crippen molar-refractivity contribution in [3.8, 4) is 34.4 Å². The Morgan fingerprint density at radius 1 is 0.383 bits per heavy atom. The minimum atomic E-state index is -0.0270. The molecule has 0 aromatic heterocycles. The van der Waals surface area contributed by atoms with Crippen molar-refractivity contribution in [1.82, 2.24) is 0 Å². The van der Waals surface area contributed by atoms with Crippen molar-refractivity contribution < 1.29 is 0 Å². The van der Waals surface area contributed by atoms with E-state index in [0.29, 0.717) is 11.1 Å². The van der Waals surface area contributed by atoms with E-state index in [4.69, 9.17) is 0 Å². The Labute approximate surface area is 357 Å². The van der Waals surface area contributed by atoms with E-state index in [1.165, 1.54) is 111 Å². The Balaban J connectivity index is 1.43. The van der Waals surface area contributed by atoms with E-state index in [-0.39, 0.29) is 13.4 Å². The molecule has 0 unspecified atom stereocenters. The van der Waals surface area contributed by atoms with Gasteiger partial charge >= 0.3 is 0 Å². The maximum Gasteiger partial charge on any atom is 0.247 e. The number of hydrogen-bond acceptors (Lipinski definition) is 3. The van der Waals surface area contributed by atoms with Crippen LogP contribution in [0.4, 0.5) is 17.1 Å². The molecule has 7 aromatic carbocycles. The second kappa shape index (κ2) is 14.3.